The average molecular weight is 962 g/mol. The molecule has 21 nitrogen and oxygen atoms in total. The van der Waals surface area contributed by atoms with E-state index in [1.165, 1.54) is 20.0 Å². The van der Waals surface area contributed by atoms with E-state index in [0.717, 1.165) is 16.0 Å². The number of aromatic nitrogens is 2. The summed E-state index contributed by atoms with van der Waals surface area (Å²) in [5.74, 6) is -2.95. The van der Waals surface area contributed by atoms with E-state index in [4.69, 9.17) is 32.4 Å². The quantitative estimate of drug-likeness (QED) is 0.0723. The number of nitrogens with two attached hydrogens (primary N) is 4. The number of urea groups is 1. The largest absolute Gasteiger partial charge is 0.492 e. The SMILES string of the molecule is Cc1nc(-c2ccc(C(C)(C)C)cc2)nc(C)c1C(=O)NC(CCN)C(=O)N(C)C1C(=O)NC(C)C(=O)NC(C(=O)NCC#N)Cc2cc(NC(N)=O)c(OCCN)c(c2)-c2cc1ccc2OCCN. The molecule has 0 spiro atoms. The summed E-state index contributed by atoms with van der Waals surface area (Å²) in [5, 5.41) is 22.4. The van der Waals surface area contributed by atoms with Crippen molar-refractivity contribution >= 4 is 41.3 Å². The Labute approximate surface area is 406 Å². The van der Waals surface area contributed by atoms with Crippen LogP contribution in [0.25, 0.3) is 22.5 Å². The molecule has 4 aromatic rings. The molecule has 0 radical (unpaired) electrons. The summed E-state index contributed by atoms with van der Waals surface area (Å²) >= 11 is 0. The Morgan fingerprint density at radius 1 is 0.900 bits per heavy atom. The summed E-state index contributed by atoms with van der Waals surface area (Å²) in [4.78, 5) is 94.0. The van der Waals surface area contributed by atoms with Gasteiger partial charge in [0.2, 0.25) is 23.6 Å². The summed E-state index contributed by atoms with van der Waals surface area (Å²) in [6.45, 7) is 10.8. The second-order valence-corrected chi connectivity index (χ2v) is 17.8. The zero-order valence-electron chi connectivity index (χ0n) is 40.5. The Kier molecular flexibility index (Phi) is 17.9. The highest BCUT2D eigenvalue weighted by Crippen LogP contribution is 2.44. The van der Waals surface area contributed by atoms with E-state index in [2.05, 4.69) is 57.3 Å². The number of aryl methyl sites for hydroxylation is 2. The number of anilines is 1. The third-order valence-corrected chi connectivity index (χ3v) is 11.5. The number of hydrogen-bond acceptors (Lipinski definition) is 14. The molecule has 7 amide bonds. The highest BCUT2D eigenvalue weighted by molar-refractivity contribution is 6.01. The van der Waals surface area contributed by atoms with Gasteiger partial charge in [0, 0.05) is 43.2 Å². The lowest BCUT2D eigenvalue weighted by Gasteiger charge is -2.33. The zero-order chi connectivity index (χ0) is 51.4. The van der Waals surface area contributed by atoms with Crippen molar-refractivity contribution in [2.75, 3.05) is 51.8 Å². The molecule has 0 saturated heterocycles. The van der Waals surface area contributed by atoms with Gasteiger partial charge in [-0.25, -0.2) is 14.8 Å². The number of ether oxygens (including phenoxy) is 2. The van der Waals surface area contributed by atoms with Crippen molar-refractivity contribution < 1.29 is 38.2 Å². The van der Waals surface area contributed by atoms with Crippen LogP contribution in [0.2, 0.25) is 0 Å². The van der Waals surface area contributed by atoms with Crippen LogP contribution in [0.3, 0.4) is 0 Å². The molecule has 0 saturated carbocycles. The molecule has 1 aliphatic rings. The first-order valence-corrected chi connectivity index (χ1v) is 22.7. The molecule has 4 bridgehead atoms. The number of likely N-dealkylation sites (N-methyl/N-ethyl adjacent to an activating group) is 1. The van der Waals surface area contributed by atoms with Crippen LogP contribution in [-0.4, -0.2) is 115 Å². The van der Waals surface area contributed by atoms with Crippen molar-refractivity contribution in [3.63, 3.8) is 0 Å². The molecule has 0 fully saturated rings. The van der Waals surface area contributed by atoms with Crippen molar-refractivity contribution in [1.82, 2.24) is 36.1 Å². The van der Waals surface area contributed by atoms with Crippen LogP contribution in [0.5, 0.6) is 11.5 Å². The van der Waals surface area contributed by atoms with Crippen molar-refractivity contribution in [3.05, 3.63) is 88.2 Å². The number of rotatable bonds is 16. The number of nitrogens with zero attached hydrogens (tertiary/aromatic N) is 4. The first-order chi connectivity index (χ1) is 33.2. The van der Waals surface area contributed by atoms with Gasteiger partial charge in [-0.3, -0.25) is 24.0 Å². The number of nitriles is 1. The van der Waals surface area contributed by atoms with Gasteiger partial charge >= 0.3 is 6.03 Å². The van der Waals surface area contributed by atoms with Gasteiger partial charge in [-0.05, 0) is 80.1 Å². The third kappa shape index (κ3) is 12.9. The molecule has 372 valence electrons. The minimum atomic E-state index is -1.50. The molecule has 4 unspecified atom stereocenters. The minimum absolute atomic E-state index is 0.0388. The van der Waals surface area contributed by atoms with Crippen molar-refractivity contribution in [2.45, 2.75) is 84.0 Å². The molecule has 2 heterocycles. The van der Waals surface area contributed by atoms with E-state index in [-0.39, 0.29) is 97.1 Å². The molecular formula is C49H63N13O8. The van der Waals surface area contributed by atoms with Crippen LogP contribution in [-0.2, 0) is 31.0 Å². The van der Waals surface area contributed by atoms with Gasteiger partial charge in [-0.2, -0.15) is 5.26 Å². The monoisotopic (exact) mass is 961 g/mol. The molecule has 0 aliphatic carbocycles. The van der Waals surface area contributed by atoms with Gasteiger partial charge in [-0.1, -0.05) is 51.1 Å². The van der Waals surface area contributed by atoms with Crippen LogP contribution in [0, 0.1) is 25.2 Å². The Morgan fingerprint density at radius 2 is 1.56 bits per heavy atom. The van der Waals surface area contributed by atoms with E-state index in [1.54, 1.807) is 38.1 Å². The summed E-state index contributed by atoms with van der Waals surface area (Å²) < 4.78 is 12.3. The predicted molar refractivity (Wildman–Crippen MR) is 262 cm³/mol. The van der Waals surface area contributed by atoms with Crippen LogP contribution in [0.15, 0.2) is 54.6 Å². The summed E-state index contributed by atoms with van der Waals surface area (Å²) in [5.41, 5.74) is 27.3. The highest BCUT2D eigenvalue weighted by atomic mass is 16.5. The van der Waals surface area contributed by atoms with Gasteiger partial charge in [-0.15, -0.1) is 0 Å². The summed E-state index contributed by atoms with van der Waals surface area (Å²) in [6.07, 6.45) is -0.231. The van der Waals surface area contributed by atoms with Gasteiger partial charge in [0.1, 0.15) is 49.7 Å². The van der Waals surface area contributed by atoms with Gasteiger partial charge in [0.05, 0.1) is 28.7 Å². The fourth-order valence-electron chi connectivity index (χ4n) is 7.99. The first kappa shape index (κ1) is 53.3. The number of benzene rings is 3. The number of fused-ring (bicyclic) bond motifs is 5. The predicted octanol–water partition coefficient (Wildman–Crippen LogP) is 1.72. The maximum absolute atomic E-state index is 14.8. The van der Waals surface area contributed by atoms with E-state index < -0.39 is 59.7 Å². The summed E-state index contributed by atoms with van der Waals surface area (Å²) in [6, 6.07) is 11.2. The molecule has 70 heavy (non-hydrogen) atoms. The Morgan fingerprint density at radius 3 is 2.16 bits per heavy atom. The lowest BCUT2D eigenvalue weighted by atomic mass is 9.86. The Balaban J connectivity index is 1.64. The highest BCUT2D eigenvalue weighted by Gasteiger charge is 2.37. The van der Waals surface area contributed by atoms with Gasteiger partial charge in [0.25, 0.3) is 5.91 Å². The molecule has 13 N–H and O–H groups in total. The fraction of sp³-hybridized carbons (Fsp3) is 0.408. The average Bonchev–Trinajstić information content (AvgIpc) is 3.30. The smallest absolute Gasteiger partial charge is 0.316 e. The van der Waals surface area contributed by atoms with Crippen molar-refractivity contribution in [3.8, 4) is 40.1 Å². The molecule has 4 atom stereocenters. The molecular weight excluding hydrogens is 899 g/mol. The Bertz CT molecular complexity index is 2620. The topological polar surface area (TPSA) is 338 Å². The van der Waals surface area contributed by atoms with Gasteiger partial charge in [0.15, 0.2) is 11.6 Å². The van der Waals surface area contributed by atoms with E-state index in [0.29, 0.717) is 22.8 Å². The zero-order valence-corrected chi connectivity index (χ0v) is 40.5. The lowest BCUT2D eigenvalue weighted by Crippen LogP contribution is -2.56. The lowest BCUT2D eigenvalue weighted by molar-refractivity contribution is -0.141. The van der Waals surface area contributed by atoms with E-state index in [9.17, 15) is 34.0 Å². The number of carbonyl (C=O) groups is 6. The van der Waals surface area contributed by atoms with E-state index >= 15 is 0 Å². The number of nitrogens with one attached hydrogen (secondary N) is 5. The standard InChI is InChI=1S/C49H63N13O8/c1-26-39(27(2)57-42(56-26)30-8-11-32(12-9-30)49(4,5)6)45(65)59-35(14-15-50)47(67)62(7)40-31-10-13-38(69-20-17-52)33(25-31)34-22-29(23-36(61-48(54)68)41(34)70-21-18-53)24-37(44(64)55-19-16-51)60-43(63)28(3)58-46(40)66/h8-13,22-23,25,28,35,37,40H,14-15,17-21,24,50,52-53H2,1-7H3,(H,55,64)(H,58,66)(H,59,65)(H,60,63)(H3,54,61,68). The molecule has 1 aromatic heterocycles. The molecule has 1 aliphatic heterocycles. The van der Waals surface area contributed by atoms with Gasteiger partial charge < -0.3 is 63.9 Å². The minimum Gasteiger partial charge on any atom is -0.492 e. The number of primary amides is 1. The maximum Gasteiger partial charge on any atom is 0.316 e. The van der Waals surface area contributed by atoms with Crippen molar-refractivity contribution in [2.24, 2.45) is 22.9 Å². The first-order valence-electron chi connectivity index (χ1n) is 22.7. The van der Waals surface area contributed by atoms with E-state index in [1.807, 2.05) is 30.3 Å². The Hall–Kier alpha value is -7.67. The third-order valence-electron chi connectivity index (χ3n) is 11.5. The molecule has 5 rings (SSSR count). The normalized spacial score (nSPS) is 16.3. The van der Waals surface area contributed by atoms with Crippen molar-refractivity contribution in [1.29, 1.82) is 5.26 Å². The number of carbonyl (C=O) groups excluding carboxylic acids is 6. The molecule has 3 aromatic carbocycles. The number of amides is 7. The van der Waals surface area contributed by atoms with Crippen LogP contribution < -0.4 is 59.0 Å². The van der Waals surface area contributed by atoms with Crippen LogP contribution >= 0.6 is 0 Å². The fourth-order valence-corrected chi connectivity index (χ4v) is 7.99. The second-order valence-electron chi connectivity index (χ2n) is 17.8. The maximum atomic E-state index is 14.8. The second kappa shape index (κ2) is 23.6. The van der Waals surface area contributed by atoms with Crippen LogP contribution in [0.4, 0.5) is 10.5 Å². The van der Waals surface area contributed by atoms with Crippen LogP contribution in [0.1, 0.15) is 78.6 Å². The number of hydrogen-bond donors (Lipinski definition) is 9. The summed E-state index contributed by atoms with van der Waals surface area (Å²) in [7, 11) is 1.37. The molecule has 21 heteroatoms.